The second-order valence-corrected chi connectivity index (χ2v) is 16.4. The fourth-order valence-electron chi connectivity index (χ4n) is 8.09. The molecule has 0 saturated heterocycles. The molecule has 0 saturated carbocycles. The maximum absolute atomic E-state index is 4.09. The van der Waals surface area contributed by atoms with Crippen LogP contribution in [0.3, 0.4) is 0 Å². The van der Waals surface area contributed by atoms with Crippen molar-refractivity contribution in [1.82, 2.24) is 0 Å². The molecule has 1 aromatic heterocycles. The molecule has 1 aliphatic carbocycles. The maximum atomic E-state index is 4.09. The third-order valence-corrected chi connectivity index (χ3v) is 12.5. The second-order valence-electron chi connectivity index (χ2n) is 15.3. The monoisotopic (exact) mass is 804 g/mol. The van der Waals surface area contributed by atoms with E-state index in [2.05, 4.69) is 241 Å². The van der Waals surface area contributed by atoms with Gasteiger partial charge < -0.3 is 9.80 Å². The summed E-state index contributed by atoms with van der Waals surface area (Å²) in [7, 11) is 0. The Morgan fingerprint density at radius 3 is 1.51 bits per heavy atom. The van der Waals surface area contributed by atoms with Crippen molar-refractivity contribution in [3.63, 3.8) is 0 Å². The molecular weight excluding hydrogens is 757 g/mol. The lowest BCUT2D eigenvalue weighted by Gasteiger charge is -2.26. The van der Waals surface area contributed by atoms with E-state index < -0.39 is 0 Å². The number of allylic oxidation sites excluding steroid dienone is 6. The van der Waals surface area contributed by atoms with Gasteiger partial charge in [0.05, 0.1) is 0 Å². The number of nitrogens with zero attached hydrogens (tertiary/aromatic N) is 2. The van der Waals surface area contributed by atoms with Crippen LogP contribution in [0.15, 0.2) is 237 Å². The first kappa shape index (κ1) is 39.3. The van der Waals surface area contributed by atoms with E-state index in [0.717, 1.165) is 46.0 Å². The van der Waals surface area contributed by atoms with E-state index in [9.17, 15) is 0 Å². The second kappa shape index (κ2) is 18.8. The van der Waals surface area contributed by atoms with Gasteiger partial charge in [-0.15, -0.1) is 11.3 Å². The van der Waals surface area contributed by atoms with Crippen molar-refractivity contribution in [1.29, 1.82) is 0 Å². The van der Waals surface area contributed by atoms with Crippen LogP contribution in [-0.2, 0) is 0 Å². The van der Waals surface area contributed by atoms with Crippen molar-refractivity contribution in [2.75, 3.05) is 9.80 Å². The fourth-order valence-corrected chi connectivity index (χ4v) is 9.10. The average Bonchev–Trinajstić information content (AvgIpc) is 3.84. The zero-order valence-corrected chi connectivity index (χ0v) is 35.1. The van der Waals surface area contributed by atoms with E-state index in [1.54, 1.807) is 0 Å². The van der Waals surface area contributed by atoms with E-state index in [-0.39, 0.29) is 0 Å². The number of thiophene rings is 1. The van der Waals surface area contributed by atoms with Gasteiger partial charge in [-0.2, -0.15) is 0 Å². The van der Waals surface area contributed by atoms with E-state index in [1.165, 1.54) is 62.4 Å². The summed E-state index contributed by atoms with van der Waals surface area (Å²) in [5.41, 5.74) is 15.3. The molecular formula is C58H48N2S. The molecule has 0 radical (unpaired) electrons. The van der Waals surface area contributed by atoms with Gasteiger partial charge >= 0.3 is 0 Å². The van der Waals surface area contributed by atoms with Gasteiger partial charge in [0.2, 0.25) is 0 Å². The highest BCUT2D eigenvalue weighted by Crippen LogP contribution is 2.39. The Morgan fingerprint density at radius 1 is 0.459 bits per heavy atom. The van der Waals surface area contributed by atoms with Crippen LogP contribution in [0, 0.1) is 0 Å². The highest BCUT2D eigenvalue weighted by molar-refractivity contribution is 7.18. The van der Waals surface area contributed by atoms with Gasteiger partial charge in [-0.05, 0) is 149 Å². The van der Waals surface area contributed by atoms with Gasteiger partial charge in [-0.3, -0.25) is 0 Å². The summed E-state index contributed by atoms with van der Waals surface area (Å²) < 4.78 is 0. The molecule has 8 aromatic rings. The Balaban J connectivity index is 1.00. The zero-order valence-electron chi connectivity index (χ0n) is 34.3. The van der Waals surface area contributed by atoms with E-state index in [4.69, 9.17) is 0 Å². The van der Waals surface area contributed by atoms with Crippen molar-refractivity contribution in [2.24, 2.45) is 0 Å². The smallest absolute Gasteiger partial charge is 0.0462 e. The van der Waals surface area contributed by atoms with Crippen LogP contribution in [0.1, 0.15) is 36.8 Å². The molecule has 61 heavy (non-hydrogen) atoms. The minimum Gasteiger partial charge on any atom is -0.317 e. The molecule has 9 rings (SSSR count). The standard InChI is InChI=1S/C58H48N2S/c1-2-15-44(42-43-59(52-22-13-6-14-23-52)53-32-30-51(31-33-53)58-41-40-57(61-58)50-20-11-5-12-21-50)47-24-34-54(35-25-47)60(55-36-26-48(27-37-55)45-16-7-3-8-17-45)56-38-28-49(29-39-56)46-18-9-4-10-19-46/h2-3,5-8,11-18,20-43H,1,4,9-10,19H2/b43-42-,44-15+. The summed E-state index contributed by atoms with van der Waals surface area (Å²) in [5.74, 6) is 0. The van der Waals surface area contributed by atoms with Crippen molar-refractivity contribution in [2.45, 2.75) is 25.7 Å². The summed E-state index contributed by atoms with van der Waals surface area (Å²) >= 11 is 1.82. The predicted octanol–water partition coefficient (Wildman–Crippen LogP) is 17.1. The van der Waals surface area contributed by atoms with Crippen LogP contribution >= 0.6 is 11.3 Å². The summed E-state index contributed by atoms with van der Waals surface area (Å²) in [6.45, 7) is 4.09. The lowest BCUT2D eigenvalue weighted by atomic mass is 9.93. The number of anilines is 5. The molecule has 0 atom stereocenters. The van der Waals surface area contributed by atoms with Crippen molar-refractivity contribution >= 4 is 50.9 Å². The quantitative estimate of drug-likeness (QED) is 0.107. The molecule has 0 spiro atoms. The number of rotatable bonds is 13. The van der Waals surface area contributed by atoms with Gasteiger partial charge in [0.25, 0.3) is 0 Å². The Bertz CT molecular complexity index is 2760. The van der Waals surface area contributed by atoms with Crippen LogP contribution in [0.5, 0.6) is 0 Å². The average molecular weight is 805 g/mol. The van der Waals surface area contributed by atoms with Crippen molar-refractivity contribution in [3.05, 3.63) is 248 Å². The van der Waals surface area contributed by atoms with E-state index in [1.807, 2.05) is 17.4 Å². The third-order valence-electron chi connectivity index (χ3n) is 11.3. The Hall–Kier alpha value is -7.20. The largest absolute Gasteiger partial charge is 0.317 e. The van der Waals surface area contributed by atoms with Crippen LogP contribution in [0.2, 0.25) is 0 Å². The van der Waals surface area contributed by atoms with Gasteiger partial charge in [0.15, 0.2) is 0 Å². The molecule has 0 N–H and O–H groups in total. The predicted molar refractivity (Wildman–Crippen MR) is 264 cm³/mol. The molecule has 0 fully saturated rings. The molecule has 0 aliphatic heterocycles. The van der Waals surface area contributed by atoms with Crippen LogP contribution < -0.4 is 9.80 Å². The minimum absolute atomic E-state index is 1.06. The zero-order chi connectivity index (χ0) is 41.2. The van der Waals surface area contributed by atoms with Gasteiger partial charge in [-0.25, -0.2) is 0 Å². The summed E-state index contributed by atoms with van der Waals surface area (Å²) in [6.07, 6.45) is 15.6. The van der Waals surface area contributed by atoms with E-state index in [0.29, 0.717) is 0 Å². The first-order valence-electron chi connectivity index (χ1n) is 21.2. The molecule has 7 aromatic carbocycles. The summed E-state index contributed by atoms with van der Waals surface area (Å²) in [5, 5.41) is 0. The fraction of sp³-hybridized carbons (Fsp3) is 0.0690. The maximum Gasteiger partial charge on any atom is 0.0462 e. The molecule has 3 heteroatoms. The SMILES string of the molecule is C=C/C=C(\C=C/N(c1ccccc1)c1ccc(-c2ccc(-c3ccccc3)s2)cc1)c1ccc(N(c2ccc(C3=CCCCC3)cc2)c2ccc(-c3ccccc3)cc2)cc1. The normalized spacial score (nSPS) is 12.9. The van der Waals surface area contributed by atoms with Crippen molar-refractivity contribution in [3.8, 4) is 32.0 Å². The van der Waals surface area contributed by atoms with Gasteiger partial charge in [0, 0.05) is 44.4 Å². The number of hydrogen-bond acceptors (Lipinski definition) is 3. The molecule has 296 valence electrons. The van der Waals surface area contributed by atoms with Crippen molar-refractivity contribution < 1.29 is 0 Å². The number of benzene rings is 7. The third kappa shape index (κ3) is 9.18. The molecule has 2 nitrogen and oxygen atoms in total. The topological polar surface area (TPSA) is 6.48 Å². The minimum atomic E-state index is 1.06. The number of hydrogen-bond donors (Lipinski definition) is 0. The molecule has 0 unspecified atom stereocenters. The summed E-state index contributed by atoms with van der Waals surface area (Å²) in [6, 6.07) is 71.9. The molecule has 1 heterocycles. The lowest BCUT2D eigenvalue weighted by Crippen LogP contribution is -2.10. The van der Waals surface area contributed by atoms with Crippen LogP contribution in [0.4, 0.5) is 28.4 Å². The van der Waals surface area contributed by atoms with Crippen LogP contribution in [0.25, 0.3) is 43.2 Å². The highest BCUT2D eigenvalue weighted by atomic mass is 32.1. The molecule has 1 aliphatic rings. The van der Waals surface area contributed by atoms with Crippen LogP contribution in [-0.4, -0.2) is 0 Å². The Labute approximate surface area is 365 Å². The number of para-hydroxylation sites is 1. The lowest BCUT2D eigenvalue weighted by molar-refractivity contribution is 0.742. The van der Waals surface area contributed by atoms with Gasteiger partial charge in [0.1, 0.15) is 0 Å². The molecule has 0 bridgehead atoms. The first-order valence-corrected chi connectivity index (χ1v) is 22.0. The van der Waals surface area contributed by atoms with Gasteiger partial charge in [-0.1, -0.05) is 152 Å². The summed E-state index contributed by atoms with van der Waals surface area (Å²) in [4.78, 5) is 7.12. The Kier molecular flexibility index (Phi) is 12.1. The molecule has 0 amide bonds. The highest BCUT2D eigenvalue weighted by Gasteiger charge is 2.16. The van der Waals surface area contributed by atoms with E-state index >= 15 is 0 Å². The Morgan fingerprint density at radius 2 is 0.934 bits per heavy atom. The first-order chi connectivity index (χ1) is 30.2.